The van der Waals surface area contributed by atoms with E-state index < -0.39 is 4.92 Å². The molecular weight excluding hydrogens is 380 g/mol. The van der Waals surface area contributed by atoms with E-state index in [-0.39, 0.29) is 5.69 Å². The molecule has 0 saturated carbocycles. The Labute approximate surface area is 144 Å². The van der Waals surface area contributed by atoms with Crippen LogP contribution in [0.4, 0.5) is 5.69 Å². The second-order valence-electron chi connectivity index (χ2n) is 4.69. The highest BCUT2D eigenvalue weighted by atomic mass is 79.9. The Balaban J connectivity index is 1.97. The molecule has 0 spiro atoms. The van der Waals surface area contributed by atoms with Gasteiger partial charge in [-0.3, -0.25) is 10.1 Å². The van der Waals surface area contributed by atoms with Crippen molar-refractivity contribution < 1.29 is 9.66 Å². The van der Waals surface area contributed by atoms with Crippen LogP contribution in [0.15, 0.2) is 52.3 Å². The first-order chi connectivity index (χ1) is 11.1. The Morgan fingerprint density at radius 2 is 1.96 bits per heavy atom. The van der Waals surface area contributed by atoms with Crippen LogP contribution in [0.1, 0.15) is 0 Å². The molecule has 3 rings (SSSR count). The third kappa shape index (κ3) is 3.25. The summed E-state index contributed by atoms with van der Waals surface area (Å²) in [6.07, 6.45) is 0. The van der Waals surface area contributed by atoms with E-state index in [1.54, 1.807) is 19.2 Å². The van der Waals surface area contributed by atoms with Crippen LogP contribution in [0.2, 0.25) is 0 Å². The van der Waals surface area contributed by atoms with Crippen LogP contribution < -0.4 is 4.74 Å². The van der Waals surface area contributed by atoms with E-state index in [2.05, 4.69) is 20.9 Å². The highest BCUT2D eigenvalue weighted by Crippen LogP contribution is 2.36. The maximum Gasteiger partial charge on any atom is 0.269 e. The van der Waals surface area contributed by atoms with Crippen molar-refractivity contribution in [3.05, 3.63) is 62.4 Å². The monoisotopic (exact) mass is 390 g/mol. The first-order valence-electron chi connectivity index (χ1n) is 6.63. The zero-order valence-corrected chi connectivity index (χ0v) is 14.4. The first kappa shape index (κ1) is 15.6. The molecule has 0 aliphatic rings. The minimum absolute atomic E-state index is 0.0675. The van der Waals surface area contributed by atoms with Crippen molar-refractivity contribution in [3.63, 3.8) is 0 Å². The minimum atomic E-state index is -0.414. The van der Waals surface area contributed by atoms with E-state index in [0.717, 1.165) is 32.1 Å². The second-order valence-corrected chi connectivity index (χ2v) is 6.46. The van der Waals surface area contributed by atoms with Gasteiger partial charge in [0.15, 0.2) is 0 Å². The molecule has 0 saturated heterocycles. The van der Waals surface area contributed by atoms with E-state index in [9.17, 15) is 10.1 Å². The highest BCUT2D eigenvalue weighted by molar-refractivity contribution is 9.10. The van der Waals surface area contributed by atoms with Crippen LogP contribution in [0.3, 0.4) is 0 Å². The smallest absolute Gasteiger partial charge is 0.269 e. The predicted octanol–water partition coefficient (Wildman–Crippen LogP) is 5.16. The highest BCUT2D eigenvalue weighted by Gasteiger charge is 2.13. The van der Waals surface area contributed by atoms with Crippen molar-refractivity contribution in [1.82, 2.24) is 4.98 Å². The SMILES string of the molecule is COc1ccc(Br)cc1-c1nc(-c2ccc([N+](=O)[O-])cc2)cs1. The standard InChI is InChI=1S/C16H11BrN2O3S/c1-22-15-7-4-11(17)8-13(15)16-18-14(9-23-16)10-2-5-12(6-3-10)19(20)21/h2-9H,1H3. The molecule has 0 aliphatic heterocycles. The summed E-state index contributed by atoms with van der Waals surface area (Å²) in [5, 5.41) is 13.5. The lowest BCUT2D eigenvalue weighted by Crippen LogP contribution is -1.88. The molecule has 0 amide bonds. The number of hydrogen-bond donors (Lipinski definition) is 0. The summed E-state index contributed by atoms with van der Waals surface area (Å²) in [5.74, 6) is 0.748. The average Bonchev–Trinajstić information content (AvgIpc) is 3.04. The molecule has 0 atom stereocenters. The Bertz CT molecular complexity index is 862. The number of hydrogen-bond acceptors (Lipinski definition) is 5. The maximum atomic E-state index is 10.7. The normalized spacial score (nSPS) is 10.5. The van der Waals surface area contributed by atoms with Crippen molar-refractivity contribution in [2.24, 2.45) is 0 Å². The Morgan fingerprint density at radius 3 is 2.61 bits per heavy atom. The van der Waals surface area contributed by atoms with Crippen molar-refractivity contribution in [2.45, 2.75) is 0 Å². The number of rotatable bonds is 4. The quantitative estimate of drug-likeness (QED) is 0.455. The van der Waals surface area contributed by atoms with Gasteiger partial charge in [0.05, 0.1) is 23.3 Å². The van der Waals surface area contributed by atoms with Gasteiger partial charge in [-0.05, 0) is 30.3 Å². The van der Waals surface area contributed by atoms with Gasteiger partial charge >= 0.3 is 0 Å². The molecule has 3 aromatic rings. The third-order valence-electron chi connectivity index (χ3n) is 3.27. The molecule has 0 unspecified atom stereocenters. The molecule has 2 aromatic carbocycles. The second kappa shape index (κ2) is 6.47. The van der Waals surface area contributed by atoms with Gasteiger partial charge in [0, 0.05) is 27.5 Å². The Morgan fingerprint density at radius 1 is 1.22 bits per heavy atom. The van der Waals surface area contributed by atoms with E-state index in [4.69, 9.17) is 4.74 Å². The van der Waals surface area contributed by atoms with Gasteiger partial charge in [-0.2, -0.15) is 0 Å². The molecule has 0 fully saturated rings. The molecule has 5 nitrogen and oxygen atoms in total. The van der Waals surface area contributed by atoms with Gasteiger partial charge in [0.1, 0.15) is 10.8 Å². The van der Waals surface area contributed by atoms with Gasteiger partial charge < -0.3 is 4.74 Å². The fraction of sp³-hybridized carbons (Fsp3) is 0.0625. The van der Waals surface area contributed by atoms with Gasteiger partial charge in [0.2, 0.25) is 0 Å². The lowest BCUT2D eigenvalue weighted by molar-refractivity contribution is -0.384. The average molecular weight is 391 g/mol. The van der Waals surface area contributed by atoms with Crippen molar-refractivity contribution in [3.8, 4) is 27.6 Å². The van der Waals surface area contributed by atoms with E-state index >= 15 is 0 Å². The number of ether oxygens (including phenoxy) is 1. The van der Waals surface area contributed by atoms with E-state index in [0.29, 0.717) is 0 Å². The molecule has 0 aliphatic carbocycles. The van der Waals surface area contributed by atoms with Gasteiger partial charge in [-0.25, -0.2) is 4.98 Å². The summed E-state index contributed by atoms with van der Waals surface area (Å²) in [7, 11) is 1.62. The molecule has 0 radical (unpaired) electrons. The van der Waals surface area contributed by atoms with Crippen LogP contribution in [-0.4, -0.2) is 17.0 Å². The Hall–Kier alpha value is -2.25. The van der Waals surface area contributed by atoms with Gasteiger partial charge in [0.25, 0.3) is 5.69 Å². The van der Waals surface area contributed by atoms with E-state index in [1.807, 2.05) is 23.6 Å². The molecule has 7 heteroatoms. The number of halogens is 1. The largest absolute Gasteiger partial charge is 0.496 e. The summed E-state index contributed by atoms with van der Waals surface area (Å²) in [6.45, 7) is 0. The summed E-state index contributed by atoms with van der Waals surface area (Å²) >= 11 is 4.95. The lowest BCUT2D eigenvalue weighted by atomic mass is 10.1. The van der Waals surface area contributed by atoms with E-state index in [1.165, 1.54) is 23.5 Å². The number of benzene rings is 2. The number of nitro benzene ring substituents is 1. The first-order valence-corrected chi connectivity index (χ1v) is 8.30. The maximum absolute atomic E-state index is 10.7. The van der Waals surface area contributed by atoms with Crippen LogP contribution in [-0.2, 0) is 0 Å². The lowest BCUT2D eigenvalue weighted by Gasteiger charge is -2.06. The molecule has 1 heterocycles. The molecule has 1 aromatic heterocycles. The van der Waals surface area contributed by atoms with Crippen molar-refractivity contribution >= 4 is 33.0 Å². The summed E-state index contributed by atoms with van der Waals surface area (Å²) in [4.78, 5) is 14.9. The predicted molar refractivity (Wildman–Crippen MR) is 93.9 cm³/mol. The van der Waals surface area contributed by atoms with Crippen molar-refractivity contribution in [2.75, 3.05) is 7.11 Å². The number of nitro groups is 1. The topological polar surface area (TPSA) is 65.3 Å². The fourth-order valence-electron chi connectivity index (χ4n) is 2.13. The Kier molecular flexibility index (Phi) is 4.40. The van der Waals surface area contributed by atoms with Crippen LogP contribution in [0.5, 0.6) is 5.75 Å². The van der Waals surface area contributed by atoms with Crippen LogP contribution >= 0.6 is 27.3 Å². The fourth-order valence-corrected chi connectivity index (χ4v) is 3.34. The molecule has 0 N–H and O–H groups in total. The number of methoxy groups -OCH3 is 1. The zero-order chi connectivity index (χ0) is 16.4. The summed E-state index contributed by atoms with van der Waals surface area (Å²) in [6, 6.07) is 12.1. The molecular formula is C16H11BrN2O3S. The molecule has 116 valence electrons. The van der Waals surface area contributed by atoms with Crippen LogP contribution in [0, 0.1) is 10.1 Å². The van der Waals surface area contributed by atoms with Crippen molar-refractivity contribution in [1.29, 1.82) is 0 Å². The number of non-ortho nitro benzene ring substituents is 1. The van der Waals surface area contributed by atoms with Gasteiger partial charge in [-0.15, -0.1) is 11.3 Å². The van der Waals surface area contributed by atoms with Gasteiger partial charge in [-0.1, -0.05) is 15.9 Å². The number of aromatic nitrogens is 1. The molecule has 23 heavy (non-hydrogen) atoms. The zero-order valence-electron chi connectivity index (χ0n) is 12.0. The minimum Gasteiger partial charge on any atom is -0.496 e. The summed E-state index contributed by atoms with van der Waals surface area (Å²) < 4.78 is 6.33. The third-order valence-corrected chi connectivity index (χ3v) is 4.64. The summed E-state index contributed by atoms with van der Waals surface area (Å²) in [5.41, 5.74) is 2.59. The molecule has 0 bridgehead atoms. The number of nitrogens with zero attached hydrogens (tertiary/aromatic N) is 2. The number of thiazole rings is 1. The van der Waals surface area contributed by atoms with Crippen LogP contribution in [0.25, 0.3) is 21.8 Å².